The summed E-state index contributed by atoms with van der Waals surface area (Å²) in [6.45, 7) is 0. The molecule has 2 atom stereocenters. The first-order valence-electron chi connectivity index (χ1n) is 5.81. The quantitative estimate of drug-likeness (QED) is 0.648. The number of benzene rings is 1. The Bertz CT molecular complexity index is 504. The van der Waals surface area contributed by atoms with Crippen LogP contribution in [0.1, 0.15) is 5.56 Å². The van der Waals surface area contributed by atoms with Crippen molar-refractivity contribution >= 4 is 5.78 Å². The van der Waals surface area contributed by atoms with Crippen LogP contribution in [0, 0.1) is 17.8 Å². The zero-order valence-electron chi connectivity index (χ0n) is 8.84. The zero-order valence-corrected chi connectivity index (χ0v) is 8.84. The molecule has 1 saturated carbocycles. The number of allylic oxidation sites excluding steroid dienone is 4. The molecule has 0 heterocycles. The van der Waals surface area contributed by atoms with Crippen molar-refractivity contribution in [2.75, 3.05) is 0 Å². The SMILES string of the molecule is O=C1C2C=CC3C(C=C2)C13c1ccccc1. The van der Waals surface area contributed by atoms with Gasteiger partial charge in [-0.2, -0.15) is 0 Å². The van der Waals surface area contributed by atoms with E-state index in [2.05, 4.69) is 36.4 Å². The van der Waals surface area contributed by atoms with Gasteiger partial charge in [-0.1, -0.05) is 54.6 Å². The van der Waals surface area contributed by atoms with Crippen molar-refractivity contribution in [3.8, 4) is 0 Å². The van der Waals surface area contributed by atoms with Crippen LogP contribution in [0.25, 0.3) is 0 Å². The molecule has 1 heteroatoms. The molecule has 2 bridgehead atoms. The molecule has 0 aliphatic heterocycles. The normalized spacial score (nSPS) is 42.2. The number of rotatable bonds is 1. The van der Waals surface area contributed by atoms with Gasteiger partial charge in [-0.05, 0) is 5.56 Å². The van der Waals surface area contributed by atoms with Crippen LogP contribution in [0.3, 0.4) is 0 Å². The number of carbonyl (C=O) groups excluding carboxylic acids is 1. The Morgan fingerprint density at radius 2 is 1.50 bits per heavy atom. The Kier molecular flexibility index (Phi) is 1.35. The van der Waals surface area contributed by atoms with Crippen molar-refractivity contribution in [2.45, 2.75) is 5.41 Å². The minimum absolute atomic E-state index is 0.0233. The van der Waals surface area contributed by atoms with Crippen LogP contribution in [-0.4, -0.2) is 5.78 Å². The predicted molar refractivity (Wildman–Crippen MR) is 61.9 cm³/mol. The van der Waals surface area contributed by atoms with E-state index in [0.717, 1.165) is 0 Å². The highest BCUT2D eigenvalue weighted by atomic mass is 16.1. The van der Waals surface area contributed by atoms with Crippen molar-refractivity contribution in [3.63, 3.8) is 0 Å². The van der Waals surface area contributed by atoms with Gasteiger partial charge in [0.1, 0.15) is 0 Å². The van der Waals surface area contributed by atoms with E-state index in [9.17, 15) is 4.79 Å². The third-order valence-electron chi connectivity index (χ3n) is 4.34. The molecule has 1 aromatic rings. The van der Waals surface area contributed by atoms with E-state index in [-0.39, 0.29) is 11.3 Å². The van der Waals surface area contributed by atoms with Crippen LogP contribution in [0.5, 0.6) is 0 Å². The third-order valence-corrected chi connectivity index (χ3v) is 4.34. The van der Waals surface area contributed by atoms with Gasteiger partial charge in [0.2, 0.25) is 0 Å². The minimum atomic E-state index is -0.199. The van der Waals surface area contributed by atoms with Crippen LogP contribution in [-0.2, 0) is 10.2 Å². The smallest absolute Gasteiger partial charge is 0.155 e. The predicted octanol–water partition coefficient (Wildman–Crippen LogP) is 2.50. The van der Waals surface area contributed by atoms with Gasteiger partial charge in [0.15, 0.2) is 5.78 Å². The van der Waals surface area contributed by atoms with Gasteiger partial charge < -0.3 is 0 Å². The molecule has 0 aromatic heterocycles. The fourth-order valence-corrected chi connectivity index (χ4v) is 3.55. The number of Topliss-reactive ketones (excluding diaryl/α,β-unsaturated/α-hetero) is 1. The summed E-state index contributed by atoms with van der Waals surface area (Å²) in [5, 5.41) is 0. The molecule has 0 saturated heterocycles. The molecule has 16 heavy (non-hydrogen) atoms. The van der Waals surface area contributed by atoms with Gasteiger partial charge in [0.05, 0.1) is 11.3 Å². The van der Waals surface area contributed by atoms with Crippen LogP contribution < -0.4 is 0 Å². The first kappa shape index (κ1) is 8.51. The van der Waals surface area contributed by atoms with Crippen LogP contribution >= 0.6 is 0 Å². The molecule has 0 spiro atoms. The molecule has 1 fully saturated rings. The lowest BCUT2D eigenvalue weighted by atomic mass is 9.76. The summed E-state index contributed by atoms with van der Waals surface area (Å²) in [6.07, 6.45) is 8.61. The largest absolute Gasteiger partial charge is 0.298 e. The van der Waals surface area contributed by atoms with Crippen LogP contribution in [0.15, 0.2) is 54.6 Å². The molecule has 0 amide bonds. The van der Waals surface area contributed by atoms with E-state index >= 15 is 0 Å². The number of hydrogen-bond acceptors (Lipinski definition) is 1. The van der Waals surface area contributed by atoms with Crippen molar-refractivity contribution in [1.29, 1.82) is 0 Å². The molecule has 1 nitrogen and oxygen atoms in total. The lowest BCUT2D eigenvalue weighted by molar-refractivity contribution is -0.123. The van der Waals surface area contributed by atoms with Gasteiger partial charge in [-0.25, -0.2) is 0 Å². The average Bonchev–Trinajstić information content (AvgIpc) is 3.03. The van der Waals surface area contributed by atoms with Crippen molar-refractivity contribution in [3.05, 3.63) is 60.2 Å². The summed E-state index contributed by atoms with van der Waals surface area (Å²) in [7, 11) is 0. The lowest BCUT2D eigenvalue weighted by Gasteiger charge is -2.25. The summed E-state index contributed by atoms with van der Waals surface area (Å²) in [6, 6.07) is 10.3. The molecule has 0 N–H and O–H groups in total. The highest BCUT2D eigenvalue weighted by molar-refractivity contribution is 6.02. The Balaban J connectivity index is 1.95. The average molecular weight is 208 g/mol. The van der Waals surface area contributed by atoms with Gasteiger partial charge in [-0.3, -0.25) is 4.79 Å². The molecular weight excluding hydrogens is 196 g/mol. The topological polar surface area (TPSA) is 17.1 Å². The van der Waals surface area contributed by atoms with Crippen molar-refractivity contribution < 1.29 is 4.79 Å². The van der Waals surface area contributed by atoms with E-state index in [0.29, 0.717) is 17.6 Å². The molecule has 0 radical (unpaired) electrons. The number of ketones is 1. The molecule has 1 aromatic carbocycles. The fourth-order valence-electron chi connectivity index (χ4n) is 3.55. The van der Waals surface area contributed by atoms with Gasteiger partial charge >= 0.3 is 0 Å². The summed E-state index contributed by atoms with van der Waals surface area (Å²) in [5.41, 5.74) is 1.00. The molecule has 4 rings (SSSR count). The maximum Gasteiger partial charge on any atom is 0.155 e. The number of hydrogen-bond donors (Lipinski definition) is 0. The number of fused-ring (bicyclic) bond motifs is 2. The Morgan fingerprint density at radius 1 is 0.875 bits per heavy atom. The Morgan fingerprint density at radius 3 is 2.12 bits per heavy atom. The highest BCUT2D eigenvalue weighted by Crippen LogP contribution is 2.66. The standard InChI is InChI=1S/C15H12O/c16-14-10-6-8-12-13(9-7-10)15(12,14)11-4-2-1-3-5-11/h1-10,12-13H. The van der Waals surface area contributed by atoms with Gasteiger partial charge in [-0.15, -0.1) is 0 Å². The zero-order chi connectivity index (χ0) is 10.8. The summed E-state index contributed by atoms with van der Waals surface area (Å²) < 4.78 is 0. The second-order valence-electron chi connectivity index (χ2n) is 4.95. The second-order valence-corrected chi connectivity index (χ2v) is 4.95. The summed E-state index contributed by atoms with van der Waals surface area (Å²) in [5.74, 6) is 1.25. The first-order valence-corrected chi connectivity index (χ1v) is 5.81. The van der Waals surface area contributed by atoms with Crippen LogP contribution in [0.2, 0.25) is 0 Å². The van der Waals surface area contributed by atoms with E-state index < -0.39 is 0 Å². The highest BCUT2D eigenvalue weighted by Gasteiger charge is 2.70. The van der Waals surface area contributed by atoms with Crippen LogP contribution in [0.4, 0.5) is 0 Å². The third kappa shape index (κ3) is 0.744. The monoisotopic (exact) mass is 208 g/mol. The Labute approximate surface area is 94.5 Å². The molecular formula is C15H12O. The Hall–Kier alpha value is -1.63. The van der Waals surface area contributed by atoms with E-state index in [1.807, 2.05) is 18.2 Å². The van der Waals surface area contributed by atoms with E-state index in [1.165, 1.54) is 5.56 Å². The second kappa shape index (κ2) is 2.54. The maximum absolute atomic E-state index is 12.4. The van der Waals surface area contributed by atoms with Gasteiger partial charge in [0, 0.05) is 11.8 Å². The number of carbonyl (C=O) groups is 1. The summed E-state index contributed by atoms with van der Waals surface area (Å²) >= 11 is 0. The fraction of sp³-hybridized carbons (Fsp3) is 0.267. The molecule has 78 valence electrons. The lowest BCUT2D eigenvalue weighted by Crippen LogP contribution is -2.33. The van der Waals surface area contributed by atoms with Gasteiger partial charge in [0.25, 0.3) is 0 Å². The van der Waals surface area contributed by atoms with Crippen molar-refractivity contribution in [1.82, 2.24) is 0 Å². The first-order chi connectivity index (χ1) is 7.85. The minimum Gasteiger partial charge on any atom is -0.298 e. The summed E-state index contributed by atoms with van der Waals surface area (Å²) in [4.78, 5) is 12.4. The van der Waals surface area contributed by atoms with E-state index in [1.54, 1.807) is 0 Å². The molecule has 3 aliphatic rings. The van der Waals surface area contributed by atoms with E-state index in [4.69, 9.17) is 0 Å². The maximum atomic E-state index is 12.4. The molecule has 2 unspecified atom stereocenters. The molecule has 3 aliphatic carbocycles. The van der Waals surface area contributed by atoms with Crippen molar-refractivity contribution in [2.24, 2.45) is 17.8 Å².